The van der Waals surface area contributed by atoms with Gasteiger partial charge in [0.1, 0.15) is 0 Å². The van der Waals surface area contributed by atoms with Gasteiger partial charge in [0, 0.05) is 10.4 Å². The third-order valence-electron chi connectivity index (χ3n) is 3.52. The van der Waals surface area contributed by atoms with Gasteiger partial charge in [0.25, 0.3) is 0 Å². The number of nitrogens with zero attached hydrogens (tertiary/aromatic N) is 1. The molecule has 0 fully saturated rings. The molecule has 1 unspecified atom stereocenters. The molecule has 0 saturated carbocycles. The molecule has 3 heteroatoms. The zero-order chi connectivity index (χ0) is 14.4. The van der Waals surface area contributed by atoms with Crippen molar-refractivity contribution in [3.63, 3.8) is 0 Å². The Kier molecular flexibility index (Phi) is 5.23. The molecule has 102 valence electrons. The van der Waals surface area contributed by atoms with E-state index in [1.165, 1.54) is 5.56 Å². The summed E-state index contributed by atoms with van der Waals surface area (Å²) < 4.78 is 0. The van der Waals surface area contributed by atoms with Gasteiger partial charge in [-0.1, -0.05) is 70.0 Å². The normalized spacial score (nSPS) is 13.4. The van der Waals surface area contributed by atoms with E-state index in [-0.39, 0.29) is 0 Å². The molecule has 0 spiro atoms. The molecule has 20 heavy (non-hydrogen) atoms. The minimum atomic E-state index is -0.485. The van der Waals surface area contributed by atoms with Crippen LogP contribution < -0.4 is 0 Å². The molecular weight excluding hydrogens is 334 g/mol. The molecule has 0 heterocycles. The van der Waals surface area contributed by atoms with Gasteiger partial charge in [0.05, 0.1) is 11.5 Å². The molecule has 0 aliphatic rings. The molecule has 0 saturated heterocycles. The Labute approximate surface area is 133 Å². The fraction of sp³-hybridized carbons (Fsp3) is 0.235. The van der Waals surface area contributed by atoms with Crippen LogP contribution in [-0.2, 0) is 11.8 Å². The average Bonchev–Trinajstić information content (AvgIpc) is 2.51. The van der Waals surface area contributed by atoms with Crippen molar-refractivity contribution in [3.8, 4) is 6.07 Å². The van der Waals surface area contributed by atoms with Crippen LogP contribution in [0.25, 0.3) is 0 Å². The Bertz CT molecular complexity index is 589. The Balaban J connectivity index is 2.18. The zero-order valence-electron chi connectivity index (χ0n) is 11.0. The highest BCUT2D eigenvalue weighted by molar-refractivity contribution is 9.09. The summed E-state index contributed by atoms with van der Waals surface area (Å²) in [7, 11) is 0. The van der Waals surface area contributed by atoms with Gasteiger partial charge in [0.15, 0.2) is 0 Å². The maximum atomic E-state index is 9.65. The monoisotopic (exact) mass is 347 g/mol. The van der Waals surface area contributed by atoms with Gasteiger partial charge in [-0.2, -0.15) is 5.26 Å². The number of benzene rings is 2. The fourth-order valence-corrected chi connectivity index (χ4v) is 3.06. The van der Waals surface area contributed by atoms with Crippen molar-refractivity contribution < 1.29 is 0 Å². The summed E-state index contributed by atoms with van der Waals surface area (Å²) in [6.45, 7) is 0. The quantitative estimate of drug-likeness (QED) is 0.687. The van der Waals surface area contributed by atoms with Crippen molar-refractivity contribution in [2.75, 3.05) is 5.33 Å². The van der Waals surface area contributed by atoms with Crippen molar-refractivity contribution in [2.24, 2.45) is 0 Å². The second-order valence-corrected chi connectivity index (χ2v) is 5.82. The molecule has 1 atom stereocenters. The molecule has 2 aromatic rings. The second kappa shape index (κ2) is 6.92. The topological polar surface area (TPSA) is 23.8 Å². The zero-order valence-corrected chi connectivity index (χ0v) is 13.4. The summed E-state index contributed by atoms with van der Waals surface area (Å²) in [4.78, 5) is 0. The molecule has 0 N–H and O–H groups in total. The Morgan fingerprint density at radius 1 is 1.05 bits per heavy atom. The highest BCUT2D eigenvalue weighted by atomic mass is 79.9. The van der Waals surface area contributed by atoms with Gasteiger partial charge in [-0.25, -0.2) is 0 Å². The van der Waals surface area contributed by atoms with Crippen LogP contribution >= 0.6 is 27.5 Å². The van der Waals surface area contributed by atoms with Crippen LogP contribution in [0.15, 0.2) is 54.6 Å². The maximum Gasteiger partial charge on any atom is 0.0921 e. The van der Waals surface area contributed by atoms with E-state index in [1.54, 1.807) is 0 Å². The smallest absolute Gasteiger partial charge is 0.0921 e. The van der Waals surface area contributed by atoms with Crippen LogP contribution in [0.1, 0.15) is 17.5 Å². The minimum Gasteiger partial charge on any atom is -0.197 e. The van der Waals surface area contributed by atoms with E-state index in [4.69, 9.17) is 11.6 Å². The van der Waals surface area contributed by atoms with Crippen LogP contribution in [0, 0.1) is 11.3 Å². The fourth-order valence-electron chi connectivity index (χ4n) is 2.20. The number of hydrogen-bond donors (Lipinski definition) is 0. The summed E-state index contributed by atoms with van der Waals surface area (Å²) >= 11 is 9.40. The van der Waals surface area contributed by atoms with Crippen molar-refractivity contribution >= 4 is 27.5 Å². The molecular formula is C17H15BrClN. The van der Waals surface area contributed by atoms with Gasteiger partial charge in [-0.05, 0) is 36.1 Å². The van der Waals surface area contributed by atoms with Crippen molar-refractivity contribution in [3.05, 3.63) is 70.7 Å². The number of nitriles is 1. The van der Waals surface area contributed by atoms with Crippen molar-refractivity contribution in [2.45, 2.75) is 18.3 Å². The van der Waals surface area contributed by atoms with Gasteiger partial charge in [-0.15, -0.1) is 0 Å². The average molecular weight is 349 g/mol. The van der Waals surface area contributed by atoms with Crippen molar-refractivity contribution in [1.29, 1.82) is 5.26 Å². The van der Waals surface area contributed by atoms with E-state index < -0.39 is 5.41 Å². The minimum absolute atomic E-state index is 0.485. The Hall–Kier alpha value is -1.30. The number of alkyl halides is 1. The summed E-state index contributed by atoms with van der Waals surface area (Å²) in [6, 6.07) is 20.3. The standard InChI is InChI=1S/C17H15BrClN/c18-12-17(13-20,15-4-2-1-3-5-15)11-10-14-6-8-16(19)9-7-14/h1-9H,10-12H2. The van der Waals surface area contributed by atoms with E-state index in [0.29, 0.717) is 5.33 Å². The lowest BCUT2D eigenvalue weighted by atomic mass is 9.79. The summed E-state index contributed by atoms with van der Waals surface area (Å²) in [5.41, 5.74) is 1.78. The lowest BCUT2D eigenvalue weighted by Gasteiger charge is -2.25. The summed E-state index contributed by atoms with van der Waals surface area (Å²) in [6.07, 6.45) is 1.63. The van der Waals surface area contributed by atoms with Gasteiger partial charge in [-0.3, -0.25) is 0 Å². The van der Waals surface area contributed by atoms with E-state index in [0.717, 1.165) is 23.4 Å². The molecule has 2 aromatic carbocycles. The van der Waals surface area contributed by atoms with E-state index in [9.17, 15) is 5.26 Å². The third kappa shape index (κ3) is 3.42. The van der Waals surface area contributed by atoms with E-state index in [2.05, 4.69) is 22.0 Å². The summed E-state index contributed by atoms with van der Waals surface area (Å²) in [5.74, 6) is 0. The number of aryl methyl sites for hydroxylation is 1. The highest BCUT2D eigenvalue weighted by Crippen LogP contribution is 2.31. The molecule has 0 bridgehead atoms. The first-order valence-corrected chi connectivity index (χ1v) is 7.97. The lowest BCUT2D eigenvalue weighted by molar-refractivity contribution is 0.566. The largest absolute Gasteiger partial charge is 0.197 e. The maximum absolute atomic E-state index is 9.65. The second-order valence-electron chi connectivity index (χ2n) is 4.82. The molecule has 0 aliphatic heterocycles. The first-order chi connectivity index (χ1) is 9.70. The van der Waals surface area contributed by atoms with E-state index >= 15 is 0 Å². The van der Waals surface area contributed by atoms with Crippen LogP contribution in [0.3, 0.4) is 0 Å². The first-order valence-electron chi connectivity index (χ1n) is 6.47. The SMILES string of the molecule is N#CC(CBr)(CCc1ccc(Cl)cc1)c1ccccc1. The number of halogens is 2. The van der Waals surface area contributed by atoms with Crippen LogP contribution in [0.5, 0.6) is 0 Å². The van der Waals surface area contributed by atoms with Crippen LogP contribution in [0.4, 0.5) is 0 Å². The first kappa shape index (κ1) is 15.1. The highest BCUT2D eigenvalue weighted by Gasteiger charge is 2.30. The molecule has 0 aliphatic carbocycles. The molecule has 2 rings (SSSR count). The van der Waals surface area contributed by atoms with Gasteiger partial charge in [0.2, 0.25) is 0 Å². The Morgan fingerprint density at radius 2 is 1.70 bits per heavy atom. The predicted molar refractivity (Wildman–Crippen MR) is 87.3 cm³/mol. The molecule has 0 radical (unpaired) electrons. The van der Waals surface area contributed by atoms with Crippen LogP contribution in [0.2, 0.25) is 5.02 Å². The van der Waals surface area contributed by atoms with Crippen molar-refractivity contribution in [1.82, 2.24) is 0 Å². The lowest BCUT2D eigenvalue weighted by Crippen LogP contribution is -2.26. The molecule has 1 nitrogen and oxygen atoms in total. The van der Waals surface area contributed by atoms with Gasteiger partial charge < -0.3 is 0 Å². The number of hydrogen-bond acceptors (Lipinski definition) is 1. The third-order valence-corrected chi connectivity index (χ3v) is 4.73. The number of rotatable bonds is 5. The van der Waals surface area contributed by atoms with Gasteiger partial charge >= 0.3 is 0 Å². The summed E-state index contributed by atoms with van der Waals surface area (Å²) in [5, 5.41) is 11.0. The van der Waals surface area contributed by atoms with Crippen LogP contribution in [-0.4, -0.2) is 5.33 Å². The predicted octanol–water partition coefficient (Wildman–Crippen LogP) is 5.13. The molecule has 0 aromatic heterocycles. The van der Waals surface area contributed by atoms with E-state index in [1.807, 2.05) is 54.6 Å². The molecule has 0 amide bonds. The Morgan fingerprint density at radius 3 is 2.25 bits per heavy atom.